The first-order valence-electron chi connectivity index (χ1n) is 8.53. The molecule has 0 bridgehead atoms. The molecule has 2 saturated heterocycles. The van der Waals surface area contributed by atoms with E-state index in [9.17, 15) is 4.79 Å². The summed E-state index contributed by atoms with van der Waals surface area (Å²) in [5.74, 6) is 0.117. The number of halogens is 1. The van der Waals surface area contributed by atoms with E-state index in [0.29, 0.717) is 12.0 Å². The van der Waals surface area contributed by atoms with Gasteiger partial charge in [-0.2, -0.15) is 0 Å². The van der Waals surface area contributed by atoms with Gasteiger partial charge in [-0.15, -0.1) is 11.3 Å². The fourth-order valence-corrected chi connectivity index (χ4v) is 5.05. The number of nitrogens with one attached hydrogen (secondary N) is 3. The molecule has 3 N–H and O–H groups in total. The zero-order valence-corrected chi connectivity index (χ0v) is 15.1. The van der Waals surface area contributed by atoms with Crippen LogP contribution in [0.4, 0.5) is 0 Å². The maximum Gasteiger partial charge on any atom is 0.237 e. The summed E-state index contributed by atoms with van der Waals surface area (Å²) in [6.07, 6.45) is 3.28. The van der Waals surface area contributed by atoms with Gasteiger partial charge in [0.1, 0.15) is 0 Å². The third kappa shape index (κ3) is 3.18. The molecule has 2 aromatic rings. The molecule has 6 heteroatoms. The lowest BCUT2D eigenvalue weighted by Crippen LogP contribution is -2.40. The van der Waals surface area contributed by atoms with Crippen LogP contribution < -0.4 is 16.0 Å². The summed E-state index contributed by atoms with van der Waals surface area (Å²) in [4.78, 5) is 12.6. The van der Waals surface area contributed by atoms with Crippen LogP contribution in [0.25, 0.3) is 10.1 Å². The summed E-state index contributed by atoms with van der Waals surface area (Å²) in [7, 11) is 0. The summed E-state index contributed by atoms with van der Waals surface area (Å²) in [5, 5.41) is 13.9. The van der Waals surface area contributed by atoms with E-state index in [-0.39, 0.29) is 11.9 Å². The summed E-state index contributed by atoms with van der Waals surface area (Å²) in [6.45, 7) is 3.66. The minimum Gasteiger partial charge on any atom is -0.351 e. The Morgan fingerprint density at radius 3 is 3.04 bits per heavy atom. The summed E-state index contributed by atoms with van der Waals surface area (Å²) in [5.41, 5.74) is 1.45. The van der Waals surface area contributed by atoms with Crippen LogP contribution in [0.5, 0.6) is 0 Å². The molecular formula is C18H22ClN3OS. The Morgan fingerprint density at radius 2 is 2.21 bits per heavy atom. The van der Waals surface area contributed by atoms with Gasteiger partial charge in [0.15, 0.2) is 0 Å². The first-order chi connectivity index (χ1) is 11.7. The van der Waals surface area contributed by atoms with Crippen LogP contribution in [0.2, 0.25) is 5.02 Å². The van der Waals surface area contributed by atoms with Gasteiger partial charge in [0.05, 0.1) is 6.04 Å². The third-order valence-electron chi connectivity index (χ3n) is 5.41. The second kappa shape index (κ2) is 6.64. The molecule has 2 aliphatic heterocycles. The van der Waals surface area contributed by atoms with Crippen LogP contribution in [0, 0.1) is 5.41 Å². The first kappa shape index (κ1) is 16.3. The molecule has 0 aliphatic carbocycles. The van der Waals surface area contributed by atoms with Crippen LogP contribution in [0.3, 0.4) is 0 Å². The lowest BCUT2D eigenvalue weighted by Gasteiger charge is -2.33. The van der Waals surface area contributed by atoms with Crippen molar-refractivity contribution in [3.8, 4) is 0 Å². The first-order valence-corrected chi connectivity index (χ1v) is 9.78. The van der Waals surface area contributed by atoms with Gasteiger partial charge in [0.25, 0.3) is 0 Å². The lowest BCUT2D eigenvalue weighted by atomic mass is 9.77. The van der Waals surface area contributed by atoms with Crippen LogP contribution in [0.15, 0.2) is 23.6 Å². The molecule has 128 valence electrons. The molecule has 4 rings (SSSR count). The van der Waals surface area contributed by atoms with Gasteiger partial charge < -0.3 is 16.0 Å². The van der Waals surface area contributed by atoms with E-state index < -0.39 is 0 Å². The predicted molar refractivity (Wildman–Crippen MR) is 99.6 cm³/mol. The van der Waals surface area contributed by atoms with Gasteiger partial charge in [0, 0.05) is 22.8 Å². The number of rotatable bonds is 3. The summed E-state index contributed by atoms with van der Waals surface area (Å²) < 4.78 is 1.20. The highest BCUT2D eigenvalue weighted by Crippen LogP contribution is 2.37. The highest BCUT2D eigenvalue weighted by atomic mass is 35.5. The molecule has 1 spiro atoms. The Bertz CT molecular complexity index is 754. The topological polar surface area (TPSA) is 53.2 Å². The number of fused-ring (bicyclic) bond motifs is 1. The van der Waals surface area contributed by atoms with Crippen molar-refractivity contribution in [2.45, 2.75) is 31.8 Å². The minimum absolute atomic E-state index is 0.0587. The number of carbonyl (C=O) groups is 1. The van der Waals surface area contributed by atoms with Gasteiger partial charge in [-0.1, -0.05) is 11.6 Å². The fraction of sp³-hybridized carbons (Fsp3) is 0.500. The van der Waals surface area contributed by atoms with E-state index in [1.807, 2.05) is 18.2 Å². The van der Waals surface area contributed by atoms with Crippen molar-refractivity contribution >= 4 is 38.9 Å². The largest absolute Gasteiger partial charge is 0.351 e. The van der Waals surface area contributed by atoms with E-state index in [2.05, 4.69) is 21.3 Å². The second-order valence-corrected chi connectivity index (χ2v) is 8.35. The smallest absolute Gasteiger partial charge is 0.237 e. The van der Waals surface area contributed by atoms with E-state index >= 15 is 0 Å². The molecule has 1 aromatic heterocycles. The van der Waals surface area contributed by atoms with Crippen LogP contribution in [-0.2, 0) is 11.3 Å². The molecule has 3 heterocycles. The van der Waals surface area contributed by atoms with Crippen LogP contribution in [0.1, 0.15) is 24.8 Å². The van der Waals surface area contributed by atoms with Crippen molar-refractivity contribution in [1.82, 2.24) is 16.0 Å². The number of hydrogen-bond donors (Lipinski definition) is 3. The van der Waals surface area contributed by atoms with E-state index in [1.54, 1.807) is 11.3 Å². The molecule has 1 aromatic carbocycles. The molecular weight excluding hydrogens is 342 g/mol. The molecule has 0 unspecified atom stereocenters. The van der Waals surface area contributed by atoms with Crippen molar-refractivity contribution in [2.24, 2.45) is 5.41 Å². The molecule has 1 amide bonds. The van der Waals surface area contributed by atoms with Crippen molar-refractivity contribution in [3.63, 3.8) is 0 Å². The number of thiophene rings is 1. The Morgan fingerprint density at radius 1 is 1.38 bits per heavy atom. The fourth-order valence-electron chi connectivity index (χ4n) is 3.94. The maximum absolute atomic E-state index is 12.6. The van der Waals surface area contributed by atoms with Crippen molar-refractivity contribution in [1.29, 1.82) is 0 Å². The number of benzene rings is 1. The van der Waals surface area contributed by atoms with Crippen LogP contribution >= 0.6 is 22.9 Å². The monoisotopic (exact) mass is 363 g/mol. The highest BCUT2D eigenvalue weighted by molar-refractivity contribution is 7.17. The molecule has 24 heavy (non-hydrogen) atoms. The molecule has 2 fully saturated rings. The van der Waals surface area contributed by atoms with E-state index in [1.165, 1.54) is 4.70 Å². The Hall–Kier alpha value is -1.14. The SMILES string of the molecule is O=C(NCc1csc2ccc(Cl)cc12)[C@H]1CC2(CCNCC2)CN1. The molecule has 4 nitrogen and oxygen atoms in total. The predicted octanol–water partition coefficient (Wildman–Crippen LogP) is 2.90. The number of carbonyl (C=O) groups excluding carboxylic acids is 1. The standard InChI is InChI=1S/C18H22ClN3OS/c19-13-1-2-16-14(7-13)12(10-24-16)9-21-17(23)15-8-18(11-22-15)3-5-20-6-4-18/h1-2,7,10,15,20,22H,3-6,8-9,11H2,(H,21,23)/t15-/m1/s1. The third-order valence-corrected chi connectivity index (χ3v) is 6.66. The highest BCUT2D eigenvalue weighted by Gasteiger charge is 2.41. The number of amides is 1. The van der Waals surface area contributed by atoms with Crippen molar-refractivity contribution in [3.05, 3.63) is 34.2 Å². The van der Waals surface area contributed by atoms with Gasteiger partial charge >= 0.3 is 0 Å². The number of piperidine rings is 1. The normalized spacial score (nSPS) is 23.0. The molecule has 1 atom stereocenters. The Kier molecular flexibility index (Phi) is 4.52. The second-order valence-electron chi connectivity index (χ2n) is 7.01. The average Bonchev–Trinajstić information content (AvgIpc) is 3.18. The molecule has 2 aliphatic rings. The van der Waals surface area contributed by atoms with E-state index in [4.69, 9.17) is 11.6 Å². The van der Waals surface area contributed by atoms with Gasteiger partial charge in [0.2, 0.25) is 5.91 Å². The van der Waals surface area contributed by atoms with Gasteiger partial charge in [-0.3, -0.25) is 4.79 Å². The number of hydrogen-bond acceptors (Lipinski definition) is 4. The quantitative estimate of drug-likeness (QED) is 0.786. The van der Waals surface area contributed by atoms with Gasteiger partial charge in [-0.25, -0.2) is 0 Å². The van der Waals surface area contributed by atoms with E-state index in [0.717, 1.165) is 54.9 Å². The van der Waals surface area contributed by atoms with Crippen molar-refractivity contribution in [2.75, 3.05) is 19.6 Å². The van der Waals surface area contributed by atoms with Gasteiger partial charge in [-0.05, 0) is 72.3 Å². The Labute approximate surface area is 151 Å². The molecule has 0 saturated carbocycles. The average molecular weight is 364 g/mol. The summed E-state index contributed by atoms with van der Waals surface area (Å²) >= 11 is 7.79. The Balaban J connectivity index is 1.39. The lowest BCUT2D eigenvalue weighted by molar-refractivity contribution is -0.123. The zero-order chi connectivity index (χ0) is 16.6. The zero-order valence-electron chi connectivity index (χ0n) is 13.5. The maximum atomic E-state index is 12.6. The van der Waals surface area contributed by atoms with Crippen molar-refractivity contribution < 1.29 is 4.79 Å². The minimum atomic E-state index is -0.0587. The van der Waals surface area contributed by atoms with Crippen LogP contribution in [-0.4, -0.2) is 31.6 Å². The summed E-state index contributed by atoms with van der Waals surface area (Å²) in [6, 6.07) is 5.86. The molecule has 0 radical (unpaired) electrons.